The largest absolute Gasteiger partial charge is 0.340 e. The maximum Gasteiger partial charge on any atom is 0.229 e. The summed E-state index contributed by atoms with van der Waals surface area (Å²) in [6, 6.07) is 15.4. The summed E-state index contributed by atoms with van der Waals surface area (Å²) < 4.78 is 0. The van der Waals surface area contributed by atoms with Crippen molar-refractivity contribution in [2.75, 3.05) is 10.6 Å². The smallest absolute Gasteiger partial charge is 0.229 e. The molecule has 0 aliphatic carbocycles. The molecule has 5 heteroatoms. The number of carbonyl (C=O) groups excluding carboxylic acids is 1. The molecule has 2 aromatic carbocycles. The fourth-order valence-corrected chi connectivity index (χ4v) is 2.23. The molecule has 24 heavy (non-hydrogen) atoms. The van der Waals surface area contributed by atoms with Crippen LogP contribution >= 0.6 is 0 Å². The molecular weight excluding hydrogens is 300 g/mol. The van der Waals surface area contributed by atoms with Gasteiger partial charge in [0.25, 0.3) is 0 Å². The molecule has 0 fully saturated rings. The first-order valence-electron chi connectivity index (χ1n) is 7.82. The monoisotopic (exact) mass is 320 g/mol. The Morgan fingerprint density at radius 2 is 1.71 bits per heavy atom. The van der Waals surface area contributed by atoms with E-state index in [9.17, 15) is 4.79 Å². The number of para-hydroxylation sites is 1. The van der Waals surface area contributed by atoms with Crippen molar-refractivity contribution in [3.63, 3.8) is 0 Å². The molecule has 122 valence electrons. The zero-order chi connectivity index (χ0) is 17.2. The molecule has 0 aliphatic rings. The third kappa shape index (κ3) is 3.51. The van der Waals surface area contributed by atoms with Crippen LogP contribution in [0.3, 0.4) is 0 Å². The lowest BCUT2D eigenvalue weighted by atomic mass is 9.95. The number of nitrogens with zero attached hydrogens (tertiary/aromatic N) is 2. The molecule has 5 nitrogen and oxygen atoms in total. The third-order valence-electron chi connectivity index (χ3n) is 3.61. The van der Waals surface area contributed by atoms with E-state index in [0.717, 1.165) is 28.1 Å². The molecule has 1 heterocycles. The van der Waals surface area contributed by atoms with Crippen LogP contribution in [0.1, 0.15) is 20.8 Å². The number of hydrogen-bond acceptors (Lipinski definition) is 4. The van der Waals surface area contributed by atoms with Gasteiger partial charge < -0.3 is 10.6 Å². The van der Waals surface area contributed by atoms with Crippen LogP contribution in [0, 0.1) is 5.41 Å². The van der Waals surface area contributed by atoms with Gasteiger partial charge in [-0.25, -0.2) is 9.97 Å². The van der Waals surface area contributed by atoms with Crippen LogP contribution in [-0.4, -0.2) is 15.9 Å². The molecule has 0 atom stereocenters. The highest BCUT2D eigenvalue weighted by molar-refractivity contribution is 5.95. The Balaban J connectivity index is 1.85. The molecule has 2 N–H and O–H groups in total. The van der Waals surface area contributed by atoms with Crippen molar-refractivity contribution >= 4 is 34.0 Å². The van der Waals surface area contributed by atoms with E-state index in [2.05, 4.69) is 20.6 Å². The molecule has 3 aromatic rings. The van der Waals surface area contributed by atoms with Gasteiger partial charge in [0.1, 0.15) is 12.1 Å². The summed E-state index contributed by atoms with van der Waals surface area (Å²) in [5.41, 5.74) is 2.04. The molecule has 0 spiro atoms. The zero-order valence-electron chi connectivity index (χ0n) is 14.0. The summed E-state index contributed by atoms with van der Waals surface area (Å²) in [5, 5.41) is 7.18. The fraction of sp³-hybridized carbons (Fsp3) is 0.211. The van der Waals surface area contributed by atoms with Gasteiger partial charge in [-0.1, -0.05) is 39.0 Å². The minimum atomic E-state index is -0.438. The summed E-state index contributed by atoms with van der Waals surface area (Å²) in [6.45, 7) is 5.66. The Bertz CT molecular complexity index is 878. The maximum atomic E-state index is 12.1. The van der Waals surface area contributed by atoms with Gasteiger partial charge in [-0.05, 0) is 30.3 Å². The van der Waals surface area contributed by atoms with E-state index in [1.54, 1.807) is 0 Å². The fourth-order valence-electron chi connectivity index (χ4n) is 2.23. The third-order valence-corrected chi connectivity index (χ3v) is 3.61. The Kier molecular flexibility index (Phi) is 4.16. The second kappa shape index (κ2) is 6.28. The molecule has 0 unspecified atom stereocenters. The first-order valence-corrected chi connectivity index (χ1v) is 7.82. The van der Waals surface area contributed by atoms with Crippen molar-refractivity contribution in [1.29, 1.82) is 0 Å². The van der Waals surface area contributed by atoms with Gasteiger partial charge in [0.15, 0.2) is 0 Å². The number of nitrogens with one attached hydrogen (secondary N) is 2. The minimum absolute atomic E-state index is 0.0212. The highest BCUT2D eigenvalue weighted by atomic mass is 16.2. The first kappa shape index (κ1) is 15.9. The topological polar surface area (TPSA) is 66.9 Å². The minimum Gasteiger partial charge on any atom is -0.340 e. The second-order valence-corrected chi connectivity index (χ2v) is 6.65. The van der Waals surface area contributed by atoms with Crippen molar-refractivity contribution in [3.8, 4) is 0 Å². The van der Waals surface area contributed by atoms with Gasteiger partial charge in [0, 0.05) is 22.2 Å². The van der Waals surface area contributed by atoms with Crippen LogP contribution in [0.2, 0.25) is 0 Å². The summed E-state index contributed by atoms with van der Waals surface area (Å²) in [5.74, 6) is 0.715. The number of rotatable bonds is 3. The van der Waals surface area contributed by atoms with E-state index >= 15 is 0 Å². The van der Waals surface area contributed by atoms with Crippen molar-refractivity contribution < 1.29 is 4.79 Å². The lowest BCUT2D eigenvalue weighted by Gasteiger charge is -2.18. The van der Waals surface area contributed by atoms with Gasteiger partial charge in [0.2, 0.25) is 5.91 Å². The Hall–Kier alpha value is -2.95. The van der Waals surface area contributed by atoms with E-state index in [1.807, 2.05) is 69.3 Å². The Morgan fingerprint density at radius 1 is 0.958 bits per heavy atom. The predicted octanol–water partition coefficient (Wildman–Crippen LogP) is 4.36. The molecule has 0 bridgehead atoms. The molecule has 0 saturated carbocycles. The lowest BCUT2D eigenvalue weighted by Crippen LogP contribution is -2.27. The standard InChI is InChI=1S/C19H20N4O/c1-19(2,3)18(24)23-14-8-6-7-13(11-14)22-17-15-9-4-5-10-16(15)20-12-21-17/h4-12H,1-3H3,(H,23,24)(H,20,21,22). The van der Waals surface area contributed by atoms with Crippen molar-refractivity contribution in [1.82, 2.24) is 9.97 Å². The number of benzene rings is 2. The highest BCUT2D eigenvalue weighted by Gasteiger charge is 2.21. The summed E-state index contributed by atoms with van der Waals surface area (Å²) in [6.07, 6.45) is 1.54. The first-order chi connectivity index (χ1) is 11.4. The average molecular weight is 320 g/mol. The summed E-state index contributed by atoms with van der Waals surface area (Å²) >= 11 is 0. The van der Waals surface area contributed by atoms with Crippen LogP contribution in [0.15, 0.2) is 54.9 Å². The van der Waals surface area contributed by atoms with E-state index in [0.29, 0.717) is 0 Å². The molecule has 0 radical (unpaired) electrons. The van der Waals surface area contributed by atoms with E-state index in [-0.39, 0.29) is 5.91 Å². The molecule has 1 amide bonds. The van der Waals surface area contributed by atoms with Gasteiger partial charge in [-0.2, -0.15) is 0 Å². The van der Waals surface area contributed by atoms with Crippen LogP contribution in [-0.2, 0) is 4.79 Å². The average Bonchev–Trinajstić information content (AvgIpc) is 2.55. The number of carbonyl (C=O) groups is 1. The Labute approximate surface area is 141 Å². The number of amides is 1. The van der Waals surface area contributed by atoms with Gasteiger partial charge >= 0.3 is 0 Å². The summed E-state index contributed by atoms with van der Waals surface area (Å²) in [4.78, 5) is 20.7. The molecule has 3 rings (SSSR count). The van der Waals surface area contributed by atoms with E-state index in [4.69, 9.17) is 0 Å². The number of anilines is 3. The van der Waals surface area contributed by atoms with Crippen molar-refractivity contribution in [2.45, 2.75) is 20.8 Å². The molecule has 0 saturated heterocycles. The van der Waals surface area contributed by atoms with Gasteiger partial charge in [-0.15, -0.1) is 0 Å². The van der Waals surface area contributed by atoms with E-state index in [1.165, 1.54) is 6.33 Å². The number of fused-ring (bicyclic) bond motifs is 1. The normalized spacial score (nSPS) is 11.3. The molecule has 1 aromatic heterocycles. The Morgan fingerprint density at radius 3 is 2.50 bits per heavy atom. The van der Waals surface area contributed by atoms with Crippen LogP contribution in [0.4, 0.5) is 17.2 Å². The predicted molar refractivity (Wildman–Crippen MR) is 97.3 cm³/mol. The zero-order valence-corrected chi connectivity index (χ0v) is 14.0. The molecule has 0 aliphatic heterocycles. The van der Waals surface area contributed by atoms with Crippen molar-refractivity contribution in [2.24, 2.45) is 5.41 Å². The lowest BCUT2D eigenvalue weighted by molar-refractivity contribution is -0.123. The van der Waals surface area contributed by atoms with E-state index < -0.39 is 5.41 Å². The van der Waals surface area contributed by atoms with Gasteiger partial charge in [-0.3, -0.25) is 4.79 Å². The number of aromatic nitrogens is 2. The van der Waals surface area contributed by atoms with Gasteiger partial charge in [0.05, 0.1) is 5.52 Å². The van der Waals surface area contributed by atoms with Crippen LogP contribution in [0.25, 0.3) is 10.9 Å². The molecular formula is C19H20N4O. The number of hydrogen-bond donors (Lipinski definition) is 2. The highest BCUT2D eigenvalue weighted by Crippen LogP contribution is 2.25. The van der Waals surface area contributed by atoms with Crippen LogP contribution < -0.4 is 10.6 Å². The quantitative estimate of drug-likeness (QED) is 0.752. The summed E-state index contributed by atoms with van der Waals surface area (Å²) in [7, 11) is 0. The van der Waals surface area contributed by atoms with Crippen LogP contribution in [0.5, 0.6) is 0 Å². The van der Waals surface area contributed by atoms with Crippen molar-refractivity contribution in [3.05, 3.63) is 54.9 Å². The SMILES string of the molecule is CC(C)(C)C(=O)Nc1cccc(Nc2ncnc3ccccc23)c1. The maximum absolute atomic E-state index is 12.1. The second-order valence-electron chi connectivity index (χ2n) is 6.65.